The van der Waals surface area contributed by atoms with Gasteiger partial charge in [0.25, 0.3) is 0 Å². The first-order valence-corrected chi connectivity index (χ1v) is 7.47. The Morgan fingerprint density at radius 1 is 1.04 bits per heavy atom. The fraction of sp³-hybridized carbons (Fsp3) is 0.278. The van der Waals surface area contributed by atoms with E-state index in [9.17, 15) is 14.4 Å². The van der Waals surface area contributed by atoms with Gasteiger partial charge < -0.3 is 9.67 Å². The molecule has 2 aromatic rings. The van der Waals surface area contributed by atoms with Crippen molar-refractivity contribution < 1.29 is 19.5 Å². The standard InChI is InChI=1S/C16H15NO4.C2H6/c1-11-4-6-12(7-5-11)10-17-8-2-3-13(17)14(18)9-15(19)16(20)21;1-2/h2-8H,9-10H2,1H3,(H,20,21);1-2H3. The zero-order valence-electron chi connectivity index (χ0n) is 13.6. The summed E-state index contributed by atoms with van der Waals surface area (Å²) in [7, 11) is 0. The number of benzene rings is 1. The van der Waals surface area contributed by atoms with E-state index in [1.807, 2.05) is 45.0 Å². The van der Waals surface area contributed by atoms with Gasteiger partial charge in [-0.25, -0.2) is 4.79 Å². The van der Waals surface area contributed by atoms with E-state index in [1.165, 1.54) is 0 Å². The molecule has 23 heavy (non-hydrogen) atoms. The second-order valence-corrected chi connectivity index (χ2v) is 4.84. The lowest BCUT2D eigenvalue weighted by atomic mass is 10.1. The minimum atomic E-state index is -1.58. The van der Waals surface area contributed by atoms with Gasteiger partial charge in [-0.2, -0.15) is 0 Å². The molecule has 2 rings (SSSR count). The molecule has 0 aliphatic carbocycles. The highest BCUT2D eigenvalue weighted by Crippen LogP contribution is 2.11. The molecule has 0 amide bonds. The average Bonchev–Trinajstić information content (AvgIpc) is 2.99. The van der Waals surface area contributed by atoms with E-state index < -0.39 is 24.0 Å². The van der Waals surface area contributed by atoms with Crippen LogP contribution in [0.5, 0.6) is 0 Å². The predicted octanol–water partition coefficient (Wildman–Crippen LogP) is 3.10. The van der Waals surface area contributed by atoms with Crippen LogP contribution in [-0.4, -0.2) is 27.2 Å². The molecule has 122 valence electrons. The van der Waals surface area contributed by atoms with Crippen molar-refractivity contribution in [2.75, 3.05) is 0 Å². The minimum absolute atomic E-state index is 0.338. The third-order valence-corrected chi connectivity index (χ3v) is 3.15. The number of rotatable bonds is 6. The summed E-state index contributed by atoms with van der Waals surface area (Å²) in [6.45, 7) is 6.49. The number of aliphatic carboxylic acids is 1. The summed E-state index contributed by atoms with van der Waals surface area (Å²) in [6.07, 6.45) is 1.12. The number of carbonyl (C=O) groups excluding carboxylic acids is 2. The van der Waals surface area contributed by atoms with Crippen LogP contribution >= 0.6 is 0 Å². The molecule has 0 aliphatic heterocycles. The van der Waals surface area contributed by atoms with E-state index in [1.54, 1.807) is 22.9 Å². The maximum Gasteiger partial charge on any atom is 0.372 e. The van der Waals surface area contributed by atoms with E-state index in [0.717, 1.165) is 11.1 Å². The minimum Gasteiger partial charge on any atom is -0.475 e. The van der Waals surface area contributed by atoms with Gasteiger partial charge in [0.1, 0.15) is 0 Å². The Hall–Kier alpha value is -2.69. The van der Waals surface area contributed by atoms with Crippen LogP contribution in [0.15, 0.2) is 42.6 Å². The van der Waals surface area contributed by atoms with Crippen LogP contribution in [-0.2, 0) is 16.1 Å². The maximum atomic E-state index is 12.0. The number of Topliss-reactive ketones (excluding diaryl/α,β-unsaturated/α-hetero) is 2. The van der Waals surface area contributed by atoms with Gasteiger partial charge in [-0.15, -0.1) is 0 Å². The SMILES string of the molecule is CC.Cc1ccc(Cn2cccc2C(=O)CC(=O)C(=O)O)cc1. The van der Waals surface area contributed by atoms with Crippen molar-refractivity contribution in [2.24, 2.45) is 0 Å². The third kappa shape index (κ3) is 5.21. The van der Waals surface area contributed by atoms with Gasteiger partial charge >= 0.3 is 5.97 Å². The van der Waals surface area contributed by atoms with Crippen molar-refractivity contribution in [3.8, 4) is 0 Å². The molecule has 0 saturated heterocycles. The Morgan fingerprint density at radius 2 is 1.65 bits per heavy atom. The first kappa shape index (κ1) is 18.4. The molecule has 1 aromatic heterocycles. The Balaban J connectivity index is 0.00000127. The summed E-state index contributed by atoms with van der Waals surface area (Å²) < 4.78 is 1.71. The molecule has 5 nitrogen and oxygen atoms in total. The van der Waals surface area contributed by atoms with Crippen LogP contribution < -0.4 is 0 Å². The summed E-state index contributed by atoms with van der Waals surface area (Å²) in [4.78, 5) is 33.6. The molecule has 1 N–H and O–H groups in total. The summed E-state index contributed by atoms with van der Waals surface area (Å²) in [5, 5.41) is 8.55. The number of nitrogens with zero attached hydrogens (tertiary/aromatic N) is 1. The van der Waals surface area contributed by atoms with E-state index >= 15 is 0 Å². The van der Waals surface area contributed by atoms with Crippen molar-refractivity contribution in [3.05, 3.63) is 59.4 Å². The lowest BCUT2D eigenvalue weighted by Gasteiger charge is -2.08. The molecule has 0 atom stereocenters. The normalized spacial score (nSPS) is 9.70. The third-order valence-electron chi connectivity index (χ3n) is 3.15. The number of carboxylic acids is 1. The Kier molecular flexibility index (Phi) is 6.93. The number of aromatic nitrogens is 1. The lowest BCUT2D eigenvalue weighted by molar-refractivity contribution is -0.148. The number of aryl methyl sites for hydroxylation is 1. The predicted molar refractivity (Wildman–Crippen MR) is 87.7 cm³/mol. The molecular formula is C18H21NO4. The number of hydrogen-bond donors (Lipinski definition) is 1. The first-order valence-electron chi connectivity index (χ1n) is 7.47. The van der Waals surface area contributed by atoms with Gasteiger partial charge in [-0.3, -0.25) is 9.59 Å². The molecule has 5 heteroatoms. The summed E-state index contributed by atoms with van der Waals surface area (Å²) in [5.41, 5.74) is 2.51. The van der Waals surface area contributed by atoms with Gasteiger partial charge in [0, 0.05) is 12.7 Å². The number of carboxylic acid groups (broad SMARTS) is 1. The molecule has 1 aromatic carbocycles. The zero-order chi connectivity index (χ0) is 17.4. The maximum absolute atomic E-state index is 12.0. The van der Waals surface area contributed by atoms with Crippen LogP contribution in [0.4, 0.5) is 0 Å². The number of hydrogen-bond acceptors (Lipinski definition) is 3. The van der Waals surface area contributed by atoms with E-state index in [2.05, 4.69) is 0 Å². The average molecular weight is 315 g/mol. The van der Waals surface area contributed by atoms with Gasteiger partial charge in [0.05, 0.1) is 12.1 Å². The van der Waals surface area contributed by atoms with E-state index in [-0.39, 0.29) is 0 Å². The van der Waals surface area contributed by atoms with Gasteiger partial charge in [-0.1, -0.05) is 43.7 Å². The molecule has 0 saturated carbocycles. The molecule has 1 heterocycles. The fourth-order valence-corrected chi connectivity index (χ4v) is 2.01. The molecule has 0 spiro atoms. The molecule has 0 radical (unpaired) electrons. The van der Waals surface area contributed by atoms with Gasteiger partial charge in [0.2, 0.25) is 5.78 Å². The van der Waals surface area contributed by atoms with Gasteiger partial charge in [0.15, 0.2) is 5.78 Å². The summed E-state index contributed by atoms with van der Waals surface area (Å²) >= 11 is 0. The Morgan fingerprint density at radius 3 is 2.22 bits per heavy atom. The van der Waals surface area contributed by atoms with Crippen molar-refractivity contribution in [3.63, 3.8) is 0 Å². The van der Waals surface area contributed by atoms with E-state index in [0.29, 0.717) is 12.2 Å². The second-order valence-electron chi connectivity index (χ2n) is 4.84. The summed E-state index contributed by atoms with van der Waals surface area (Å²) in [6, 6.07) is 11.2. The second kappa shape index (κ2) is 8.68. The Labute approximate surface area is 135 Å². The topological polar surface area (TPSA) is 76.4 Å². The van der Waals surface area contributed by atoms with Crippen LogP contribution in [0.25, 0.3) is 0 Å². The first-order chi connectivity index (χ1) is 11.0. The van der Waals surface area contributed by atoms with Crippen molar-refractivity contribution in [1.29, 1.82) is 0 Å². The highest BCUT2D eigenvalue weighted by Gasteiger charge is 2.19. The molecule has 0 fully saturated rings. The summed E-state index contributed by atoms with van der Waals surface area (Å²) in [5.74, 6) is -3.16. The quantitative estimate of drug-likeness (QED) is 0.505. The zero-order valence-corrected chi connectivity index (χ0v) is 13.6. The van der Waals surface area contributed by atoms with Gasteiger partial charge in [-0.05, 0) is 24.6 Å². The smallest absolute Gasteiger partial charge is 0.372 e. The Bertz CT molecular complexity index is 683. The lowest BCUT2D eigenvalue weighted by Crippen LogP contribution is -2.19. The van der Waals surface area contributed by atoms with Crippen molar-refractivity contribution in [1.82, 2.24) is 4.57 Å². The number of ketones is 2. The molecule has 0 bridgehead atoms. The molecule has 0 unspecified atom stereocenters. The highest BCUT2D eigenvalue weighted by molar-refractivity contribution is 6.37. The number of carbonyl (C=O) groups is 3. The monoisotopic (exact) mass is 315 g/mol. The van der Waals surface area contributed by atoms with Crippen LogP contribution in [0, 0.1) is 6.92 Å². The highest BCUT2D eigenvalue weighted by atomic mass is 16.4. The largest absolute Gasteiger partial charge is 0.475 e. The molecule has 0 aliphatic rings. The van der Waals surface area contributed by atoms with Crippen molar-refractivity contribution >= 4 is 17.5 Å². The molecular weight excluding hydrogens is 294 g/mol. The van der Waals surface area contributed by atoms with Crippen LogP contribution in [0.1, 0.15) is 41.9 Å². The van der Waals surface area contributed by atoms with E-state index in [4.69, 9.17) is 5.11 Å². The van der Waals surface area contributed by atoms with Crippen molar-refractivity contribution in [2.45, 2.75) is 33.7 Å². The fourth-order valence-electron chi connectivity index (χ4n) is 2.01. The van der Waals surface area contributed by atoms with Crippen LogP contribution in [0.2, 0.25) is 0 Å². The van der Waals surface area contributed by atoms with Crippen LogP contribution in [0.3, 0.4) is 0 Å².